The third-order valence-corrected chi connectivity index (χ3v) is 4.43. The van der Waals surface area contributed by atoms with Crippen LogP contribution in [0.1, 0.15) is 26.7 Å². The Bertz CT molecular complexity index is 238. The van der Waals surface area contributed by atoms with Crippen LogP contribution in [0.25, 0.3) is 0 Å². The molecule has 3 heteroatoms. The summed E-state index contributed by atoms with van der Waals surface area (Å²) in [4.78, 5) is 5.45. The van der Waals surface area contributed by atoms with Crippen LogP contribution in [0.5, 0.6) is 0 Å². The molecule has 0 spiro atoms. The van der Waals surface area contributed by atoms with Crippen molar-refractivity contribution in [1.82, 2.24) is 9.80 Å². The molecule has 0 radical (unpaired) electrons. The first-order valence-electron chi connectivity index (χ1n) is 6.81. The van der Waals surface area contributed by atoms with E-state index in [4.69, 9.17) is 4.74 Å². The first-order chi connectivity index (χ1) is 7.74. The summed E-state index contributed by atoms with van der Waals surface area (Å²) in [6.07, 6.45) is 2.83. The minimum absolute atomic E-state index is 0.728. The molecular weight excluding hydrogens is 200 g/mol. The standard InChI is InChI=1S/C13H24N2O/c1-10(2)15-12-3-4-13(15)7-14(6-12)5-11-8-16-9-11/h10-13H,3-9H2,1-2H3. The van der Waals surface area contributed by atoms with Crippen molar-refractivity contribution in [3.05, 3.63) is 0 Å². The van der Waals surface area contributed by atoms with Gasteiger partial charge in [-0.15, -0.1) is 0 Å². The Morgan fingerprint density at radius 1 is 1.12 bits per heavy atom. The number of ether oxygens (including phenoxy) is 1. The molecule has 3 rings (SSSR count). The van der Waals surface area contributed by atoms with Crippen LogP contribution in [0, 0.1) is 5.92 Å². The second kappa shape index (κ2) is 4.28. The average molecular weight is 224 g/mol. The van der Waals surface area contributed by atoms with E-state index >= 15 is 0 Å². The van der Waals surface area contributed by atoms with Crippen LogP contribution in [0.15, 0.2) is 0 Å². The summed E-state index contributed by atoms with van der Waals surface area (Å²) in [5.41, 5.74) is 0. The number of likely N-dealkylation sites (tertiary alicyclic amines) is 1. The second-order valence-electron chi connectivity index (χ2n) is 6.05. The molecule has 3 heterocycles. The molecule has 3 aliphatic rings. The predicted octanol–water partition coefficient (Wildman–Crippen LogP) is 1.19. The molecule has 0 N–H and O–H groups in total. The van der Waals surface area contributed by atoms with Crippen molar-refractivity contribution in [3.8, 4) is 0 Å². The normalized spacial score (nSPS) is 36.9. The van der Waals surface area contributed by atoms with E-state index in [0.29, 0.717) is 0 Å². The van der Waals surface area contributed by atoms with Crippen molar-refractivity contribution < 1.29 is 4.74 Å². The van der Waals surface area contributed by atoms with Gasteiger partial charge in [0.2, 0.25) is 0 Å². The molecule has 0 aromatic rings. The summed E-state index contributed by atoms with van der Waals surface area (Å²) in [5, 5.41) is 0. The fourth-order valence-corrected chi connectivity index (χ4v) is 3.77. The highest BCUT2D eigenvalue weighted by Gasteiger charge is 2.41. The molecule has 0 saturated carbocycles. The molecule has 0 amide bonds. The van der Waals surface area contributed by atoms with Crippen LogP contribution >= 0.6 is 0 Å². The van der Waals surface area contributed by atoms with Gasteiger partial charge >= 0.3 is 0 Å². The Labute approximate surface area is 98.7 Å². The summed E-state index contributed by atoms with van der Waals surface area (Å²) in [5.74, 6) is 0.824. The molecular formula is C13H24N2O. The highest BCUT2D eigenvalue weighted by Crippen LogP contribution is 2.32. The van der Waals surface area contributed by atoms with Gasteiger partial charge in [0.1, 0.15) is 0 Å². The van der Waals surface area contributed by atoms with Gasteiger partial charge in [0.15, 0.2) is 0 Å². The van der Waals surface area contributed by atoms with Gasteiger partial charge in [0.25, 0.3) is 0 Å². The van der Waals surface area contributed by atoms with Crippen LogP contribution in [-0.2, 0) is 4.74 Å². The van der Waals surface area contributed by atoms with Gasteiger partial charge in [-0.3, -0.25) is 9.80 Å². The molecule has 3 saturated heterocycles. The monoisotopic (exact) mass is 224 g/mol. The van der Waals surface area contributed by atoms with Gasteiger partial charge < -0.3 is 4.74 Å². The van der Waals surface area contributed by atoms with E-state index in [2.05, 4.69) is 23.6 Å². The van der Waals surface area contributed by atoms with Gasteiger partial charge in [0, 0.05) is 43.7 Å². The third-order valence-electron chi connectivity index (χ3n) is 4.43. The fourth-order valence-electron chi connectivity index (χ4n) is 3.77. The van der Waals surface area contributed by atoms with Gasteiger partial charge in [-0.2, -0.15) is 0 Å². The van der Waals surface area contributed by atoms with Crippen molar-refractivity contribution in [2.24, 2.45) is 5.92 Å². The summed E-state index contributed by atoms with van der Waals surface area (Å²) in [7, 11) is 0. The Kier molecular flexibility index (Phi) is 2.94. The molecule has 16 heavy (non-hydrogen) atoms. The molecule has 92 valence electrons. The van der Waals surface area contributed by atoms with Crippen LogP contribution in [0.2, 0.25) is 0 Å². The quantitative estimate of drug-likeness (QED) is 0.716. The molecule has 3 nitrogen and oxygen atoms in total. The molecule has 2 unspecified atom stereocenters. The Hall–Kier alpha value is -0.120. The zero-order valence-corrected chi connectivity index (χ0v) is 10.6. The van der Waals surface area contributed by atoms with Crippen LogP contribution in [0.3, 0.4) is 0 Å². The molecule has 2 bridgehead atoms. The first kappa shape index (κ1) is 11.0. The topological polar surface area (TPSA) is 15.7 Å². The lowest BCUT2D eigenvalue weighted by Gasteiger charge is -2.45. The largest absolute Gasteiger partial charge is 0.381 e. The number of hydrogen-bond donors (Lipinski definition) is 0. The lowest BCUT2D eigenvalue weighted by Crippen LogP contribution is -2.57. The molecule has 0 aliphatic carbocycles. The summed E-state index contributed by atoms with van der Waals surface area (Å²) < 4.78 is 5.27. The van der Waals surface area contributed by atoms with Gasteiger partial charge in [-0.25, -0.2) is 0 Å². The van der Waals surface area contributed by atoms with E-state index in [9.17, 15) is 0 Å². The van der Waals surface area contributed by atoms with Crippen molar-refractivity contribution >= 4 is 0 Å². The van der Waals surface area contributed by atoms with Gasteiger partial charge in [-0.1, -0.05) is 0 Å². The van der Waals surface area contributed by atoms with Crippen LogP contribution < -0.4 is 0 Å². The highest BCUT2D eigenvalue weighted by molar-refractivity contribution is 4.97. The molecule has 3 aliphatic heterocycles. The number of fused-ring (bicyclic) bond motifs is 2. The SMILES string of the molecule is CC(C)N1C2CCC1CN(CC1COC1)C2. The van der Waals surface area contributed by atoms with E-state index in [1.165, 1.54) is 32.5 Å². The number of piperazine rings is 1. The zero-order chi connectivity index (χ0) is 11.1. The van der Waals surface area contributed by atoms with Crippen LogP contribution in [-0.4, -0.2) is 60.8 Å². The van der Waals surface area contributed by atoms with Crippen molar-refractivity contribution in [2.45, 2.75) is 44.8 Å². The minimum Gasteiger partial charge on any atom is -0.381 e. The Morgan fingerprint density at radius 2 is 1.75 bits per heavy atom. The zero-order valence-electron chi connectivity index (χ0n) is 10.6. The summed E-state index contributed by atoms with van der Waals surface area (Å²) in [6.45, 7) is 10.6. The highest BCUT2D eigenvalue weighted by atomic mass is 16.5. The smallest absolute Gasteiger partial charge is 0.0528 e. The lowest BCUT2D eigenvalue weighted by atomic mass is 10.1. The van der Waals surface area contributed by atoms with E-state index in [1.807, 2.05) is 0 Å². The van der Waals surface area contributed by atoms with Crippen molar-refractivity contribution in [1.29, 1.82) is 0 Å². The maximum absolute atomic E-state index is 5.27. The van der Waals surface area contributed by atoms with E-state index in [0.717, 1.165) is 37.3 Å². The van der Waals surface area contributed by atoms with Gasteiger partial charge in [-0.05, 0) is 26.7 Å². The third kappa shape index (κ3) is 1.89. The molecule has 0 aromatic carbocycles. The molecule has 2 atom stereocenters. The van der Waals surface area contributed by atoms with Gasteiger partial charge in [0.05, 0.1) is 13.2 Å². The van der Waals surface area contributed by atoms with E-state index in [-0.39, 0.29) is 0 Å². The first-order valence-corrected chi connectivity index (χ1v) is 6.81. The summed E-state index contributed by atoms with van der Waals surface area (Å²) >= 11 is 0. The minimum atomic E-state index is 0.728. The second-order valence-corrected chi connectivity index (χ2v) is 6.05. The molecule has 3 fully saturated rings. The predicted molar refractivity (Wildman–Crippen MR) is 64.5 cm³/mol. The maximum atomic E-state index is 5.27. The number of nitrogens with zero attached hydrogens (tertiary/aromatic N) is 2. The summed E-state index contributed by atoms with van der Waals surface area (Å²) in [6, 6.07) is 2.39. The Morgan fingerprint density at radius 3 is 2.19 bits per heavy atom. The molecule has 0 aromatic heterocycles. The number of rotatable bonds is 3. The number of hydrogen-bond acceptors (Lipinski definition) is 3. The van der Waals surface area contributed by atoms with E-state index in [1.54, 1.807) is 0 Å². The van der Waals surface area contributed by atoms with E-state index < -0.39 is 0 Å². The van der Waals surface area contributed by atoms with Crippen molar-refractivity contribution in [2.75, 3.05) is 32.8 Å². The van der Waals surface area contributed by atoms with Crippen LogP contribution in [0.4, 0.5) is 0 Å². The average Bonchev–Trinajstić information content (AvgIpc) is 2.45. The lowest BCUT2D eigenvalue weighted by molar-refractivity contribution is -0.0587. The van der Waals surface area contributed by atoms with Crippen molar-refractivity contribution in [3.63, 3.8) is 0 Å². The fraction of sp³-hybridized carbons (Fsp3) is 1.00. The maximum Gasteiger partial charge on any atom is 0.0528 e. The Balaban J connectivity index is 1.58.